The first-order valence-corrected chi connectivity index (χ1v) is 9.20. The standard InChI is InChI=1S/C17H24ClNS/c1-16-6-11-5-12(7-16)9-17(8-11,10-16)15(19-2)14-13(18)3-4-20-14/h3-4,11-12,15,19H,5-10H2,1-2H3. The zero-order valence-electron chi connectivity index (χ0n) is 12.4. The molecule has 0 radical (unpaired) electrons. The maximum absolute atomic E-state index is 6.46. The van der Waals surface area contributed by atoms with Crippen LogP contribution in [0.4, 0.5) is 0 Å². The van der Waals surface area contributed by atoms with Gasteiger partial charge in [-0.25, -0.2) is 0 Å². The van der Waals surface area contributed by atoms with Gasteiger partial charge in [-0.05, 0) is 79.7 Å². The molecule has 1 N–H and O–H groups in total. The highest BCUT2D eigenvalue weighted by atomic mass is 35.5. The van der Waals surface area contributed by atoms with Crippen LogP contribution in [0, 0.1) is 22.7 Å². The summed E-state index contributed by atoms with van der Waals surface area (Å²) in [5, 5.41) is 6.76. The molecule has 4 aliphatic carbocycles. The SMILES string of the molecule is CNC(c1sccc1Cl)C12CC3CC(CC(C)(C3)C1)C2. The van der Waals surface area contributed by atoms with E-state index in [0.29, 0.717) is 16.9 Å². The number of rotatable bonds is 3. The van der Waals surface area contributed by atoms with Gasteiger partial charge in [-0.2, -0.15) is 0 Å². The Morgan fingerprint density at radius 2 is 2.00 bits per heavy atom. The minimum absolute atomic E-state index is 0.459. The fourth-order valence-electron chi connectivity index (χ4n) is 6.36. The van der Waals surface area contributed by atoms with Gasteiger partial charge in [0.05, 0.1) is 5.02 Å². The third-order valence-corrected chi connectivity index (χ3v) is 7.63. The quantitative estimate of drug-likeness (QED) is 0.802. The Morgan fingerprint density at radius 3 is 2.50 bits per heavy atom. The highest BCUT2D eigenvalue weighted by Gasteiger charge is 2.58. The molecule has 1 heterocycles. The van der Waals surface area contributed by atoms with E-state index in [4.69, 9.17) is 11.6 Å². The van der Waals surface area contributed by atoms with Crippen LogP contribution in [0.2, 0.25) is 5.02 Å². The van der Waals surface area contributed by atoms with E-state index in [9.17, 15) is 0 Å². The summed E-state index contributed by atoms with van der Waals surface area (Å²) in [5.41, 5.74) is 1.06. The summed E-state index contributed by atoms with van der Waals surface area (Å²) >= 11 is 8.29. The van der Waals surface area contributed by atoms with Crippen molar-refractivity contribution >= 4 is 22.9 Å². The topological polar surface area (TPSA) is 12.0 Å². The largest absolute Gasteiger partial charge is 0.312 e. The summed E-state index contributed by atoms with van der Waals surface area (Å²) in [6, 6.07) is 2.52. The van der Waals surface area contributed by atoms with Crippen molar-refractivity contribution in [3.8, 4) is 0 Å². The van der Waals surface area contributed by atoms with E-state index in [2.05, 4.69) is 30.7 Å². The average Bonchev–Trinajstić information content (AvgIpc) is 2.73. The van der Waals surface area contributed by atoms with Crippen LogP contribution in [0.5, 0.6) is 0 Å². The molecule has 1 aromatic heterocycles. The highest BCUT2D eigenvalue weighted by molar-refractivity contribution is 7.10. The van der Waals surface area contributed by atoms with E-state index in [1.807, 2.05) is 11.3 Å². The van der Waals surface area contributed by atoms with E-state index in [0.717, 1.165) is 16.9 Å². The van der Waals surface area contributed by atoms with Crippen molar-refractivity contribution in [1.29, 1.82) is 0 Å². The molecule has 0 saturated heterocycles. The minimum atomic E-state index is 0.459. The van der Waals surface area contributed by atoms with E-state index >= 15 is 0 Å². The van der Waals surface area contributed by atoms with Crippen LogP contribution >= 0.6 is 22.9 Å². The Labute approximate surface area is 131 Å². The summed E-state index contributed by atoms with van der Waals surface area (Å²) in [6.45, 7) is 2.54. The Hall–Kier alpha value is -0.0500. The molecule has 4 aliphatic rings. The third kappa shape index (κ3) is 1.91. The van der Waals surface area contributed by atoms with Crippen molar-refractivity contribution in [1.82, 2.24) is 5.32 Å². The van der Waals surface area contributed by atoms with Crippen molar-refractivity contribution in [2.75, 3.05) is 7.05 Å². The Bertz CT molecular complexity index is 509. The number of thiophene rings is 1. The molecule has 20 heavy (non-hydrogen) atoms. The molecule has 4 saturated carbocycles. The predicted molar refractivity (Wildman–Crippen MR) is 86.4 cm³/mol. The highest BCUT2D eigenvalue weighted by Crippen LogP contribution is 2.68. The van der Waals surface area contributed by atoms with Gasteiger partial charge in [-0.3, -0.25) is 0 Å². The second-order valence-corrected chi connectivity index (χ2v) is 9.34. The molecule has 5 rings (SSSR count). The summed E-state index contributed by atoms with van der Waals surface area (Å²) in [6.07, 6.45) is 8.66. The van der Waals surface area contributed by atoms with Crippen molar-refractivity contribution < 1.29 is 0 Å². The van der Waals surface area contributed by atoms with E-state index in [1.54, 1.807) is 0 Å². The first-order valence-electron chi connectivity index (χ1n) is 7.94. The zero-order chi connectivity index (χ0) is 14.0. The predicted octanol–water partition coefficient (Wildman–Crippen LogP) is 5.27. The van der Waals surface area contributed by atoms with Crippen molar-refractivity contribution in [2.24, 2.45) is 22.7 Å². The lowest BCUT2D eigenvalue weighted by Crippen LogP contribution is -2.54. The van der Waals surface area contributed by atoms with Crippen LogP contribution in [-0.4, -0.2) is 7.05 Å². The molecule has 0 aliphatic heterocycles. The van der Waals surface area contributed by atoms with Gasteiger partial charge in [0, 0.05) is 10.9 Å². The van der Waals surface area contributed by atoms with Crippen LogP contribution < -0.4 is 5.32 Å². The van der Waals surface area contributed by atoms with Crippen LogP contribution in [0.25, 0.3) is 0 Å². The van der Waals surface area contributed by atoms with Gasteiger partial charge < -0.3 is 5.32 Å². The zero-order valence-corrected chi connectivity index (χ0v) is 14.0. The van der Waals surface area contributed by atoms with Gasteiger partial charge in [0.15, 0.2) is 0 Å². The molecule has 1 nitrogen and oxygen atoms in total. The molecular weight excluding hydrogens is 286 g/mol. The van der Waals surface area contributed by atoms with Crippen LogP contribution in [0.15, 0.2) is 11.4 Å². The van der Waals surface area contributed by atoms with Crippen LogP contribution in [0.1, 0.15) is 56.4 Å². The number of halogens is 1. The monoisotopic (exact) mass is 309 g/mol. The van der Waals surface area contributed by atoms with E-state index < -0.39 is 0 Å². The number of hydrogen-bond acceptors (Lipinski definition) is 2. The number of hydrogen-bond donors (Lipinski definition) is 1. The lowest BCUT2D eigenvalue weighted by atomic mass is 9.43. The van der Waals surface area contributed by atoms with Crippen LogP contribution in [-0.2, 0) is 0 Å². The van der Waals surface area contributed by atoms with Crippen molar-refractivity contribution in [3.05, 3.63) is 21.3 Å². The fraction of sp³-hybridized carbons (Fsp3) is 0.765. The Morgan fingerprint density at radius 1 is 1.30 bits per heavy atom. The summed E-state index contributed by atoms with van der Waals surface area (Å²) in [5.74, 6) is 1.94. The van der Waals surface area contributed by atoms with Crippen molar-refractivity contribution in [2.45, 2.75) is 51.5 Å². The van der Waals surface area contributed by atoms with Gasteiger partial charge in [0.1, 0.15) is 0 Å². The Kier molecular flexibility index (Phi) is 3.04. The molecule has 110 valence electrons. The normalized spacial score (nSPS) is 44.0. The molecule has 1 aromatic rings. The second-order valence-electron chi connectivity index (χ2n) is 7.99. The van der Waals surface area contributed by atoms with Gasteiger partial charge in [-0.15, -0.1) is 11.3 Å². The second kappa shape index (κ2) is 4.47. The van der Waals surface area contributed by atoms with Gasteiger partial charge >= 0.3 is 0 Å². The number of nitrogens with one attached hydrogen (secondary N) is 1. The van der Waals surface area contributed by atoms with Crippen LogP contribution in [0.3, 0.4) is 0 Å². The lowest BCUT2D eigenvalue weighted by Gasteiger charge is -2.63. The molecule has 0 aromatic carbocycles. The molecule has 0 spiro atoms. The molecule has 3 unspecified atom stereocenters. The average molecular weight is 310 g/mol. The Balaban J connectivity index is 1.74. The molecule has 3 heteroatoms. The maximum Gasteiger partial charge on any atom is 0.0561 e. The van der Waals surface area contributed by atoms with Gasteiger partial charge in [0.25, 0.3) is 0 Å². The summed E-state index contributed by atoms with van der Waals surface area (Å²) < 4.78 is 0. The van der Waals surface area contributed by atoms with E-state index in [1.165, 1.54) is 43.4 Å². The molecule has 4 bridgehead atoms. The smallest absolute Gasteiger partial charge is 0.0561 e. The lowest BCUT2D eigenvalue weighted by molar-refractivity contribution is -0.117. The third-order valence-electron chi connectivity index (χ3n) is 6.21. The molecule has 4 fully saturated rings. The van der Waals surface area contributed by atoms with Gasteiger partial charge in [-0.1, -0.05) is 18.5 Å². The fourth-order valence-corrected chi connectivity index (χ4v) is 7.78. The minimum Gasteiger partial charge on any atom is -0.312 e. The molecule has 0 amide bonds. The first kappa shape index (κ1) is 13.6. The maximum atomic E-state index is 6.46. The molecule has 3 atom stereocenters. The summed E-state index contributed by atoms with van der Waals surface area (Å²) in [4.78, 5) is 1.37. The summed E-state index contributed by atoms with van der Waals surface area (Å²) in [7, 11) is 2.13. The van der Waals surface area contributed by atoms with E-state index in [-0.39, 0.29) is 0 Å². The van der Waals surface area contributed by atoms with Gasteiger partial charge in [0.2, 0.25) is 0 Å². The van der Waals surface area contributed by atoms with Crippen molar-refractivity contribution in [3.63, 3.8) is 0 Å². The molecular formula is C17H24ClNS. The first-order chi connectivity index (χ1) is 9.54.